The summed E-state index contributed by atoms with van der Waals surface area (Å²) in [5.74, 6) is 1.36. The molecule has 2 atom stereocenters. The van der Waals surface area contributed by atoms with E-state index in [1.54, 1.807) is 6.07 Å². The van der Waals surface area contributed by atoms with E-state index in [1.165, 1.54) is 17.7 Å². The molecule has 2 heterocycles. The minimum absolute atomic E-state index is 0.0193. The maximum atomic E-state index is 10.9. The maximum absolute atomic E-state index is 10.9. The van der Waals surface area contributed by atoms with E-state index < -0.39 is 4.92 Å². The highest BCUT2D eigenvalue weighted by molar-refractivity contribution is 5.75. The van der Waals surface area contributed by atoms with Crippen molar-refractivity contribution in [2.75, 3.05) is 19.6 Å². The van der Waals surface area contributed by atoms with Crippen LogP contribution in [0.1, 0.15) is 17.4 Å². The normalized spacial score (nSPS) is 20.7. The molecule has 0 radical (unpaired) electrons. The van der Waals surface area contributed by atoms with Crippen LogP contribution in [-0.4, -0.2) is 34.4 Å². The van der Waals surface area contributed by atoms with Crippen molar-refractivity contribution in [3.8, 4) is 0 Å². The summed E-state index contributed by atoms with van der Waals surface area (Å²) in [6, 6.07) is 14.9. The number of nitro groups is 1. The zero-order chi connectivity index (χ0) is 18.1. The molecule has 7 nitrogen and oxygen atoms in total. The number of aromatic nitrogens is 1. The van der Waals surface area contributed by atoms with Gasteiger partial charge in [0.15, 0.2) is 5.58 Å². The van der Waals surface area contributed by atoms with Crippen LogP contribution in [0.25, 0.3) is 11.1 Å². The van der Waals surface area contributed by atoms with Gasteiger partial charge in [-0.25, -0.2) is 4.98 Å². The standard InChI is InChI=1S/C19H20N4O3/c20-9-14-10-22(11-16(14)13-4-2-1-3-5-13)12-19-21-17-8-15(23(24)25)6-7-18(17)26-19/h1-8,14,16H,9-12,20H2/t14-,16+/m1/s1. The summed E-state index contributed by atoms with van der Waals surface area (Å²) in [7, 11) is 0. The Morgan fingerprint density at radius 1 is 1.23 bits per heavy atom. The van der Waals surface area contributed by atoms with Crippen LogP contribution in [0.2, 0.25) is 0 Å². The van der Waals surface area contributed by atoms with E-state index in [0.717, 1.165) is 13.1 Å². The van der Waals surface area contributed by atoms with Gasteiger partial charge in [-0.3, -0.25) is 15.0 Å². The fourth-order valence-electron chi connectivity index (χ4n) is 3.74. The molecular formula is C19H20N4O3. The lowest BCUT2D eigenvalue weighted by Gasteiger charge is -2.16. The first kappa shape index (κ1) is 16.7. The summed E-state index contributed by atoms with van der Waals surface area (Å²) in [4.78, 5) is 17.2. The monoisotopic (exact) mass is 352 g/mol. The summed E-state index contributed by atoms with van der Waals surface area (Å²) in [6.07, 6.45) is 0. The van der Waals surface area contributed by atoms with Gasteiger partial charge in [0.25, 0.3) is 5.69 Å². The second-order valence-corrected chi connectivity index (χ2v) is 6.72. The van der Waals surface area contributed by atoms with E-state index in [0.29, 0.717) is 41.9 Å². The molecule has 0 unspecified atom stereocenters. The molecule has 2 aromatic carbocycles. The Morgan fingerprint density at radius 3 is 2.77 bits per heavy atom. The summed E-state index contributed by atoms with van der Waals surface area (Å²) in [6.45, 7) is 2.98. The number of oxazole rings is 1. The second kappa shape index (κ2) is 6.86. The minimum atomic E-state index is -0.426. The van der Waals surface area contributed by atoms with Gasteiger partial charge in [0.05, 0.1) is 11.5 Å². The molecule has 1 saturated heterocycles. The predicted molar refractivity (Wildman–Crippen MR) is 97.7 cm³/mol. The van der Waals surface area contributed by atoms with Gasteiger partial charge < -0.3 is 10.2 Å². The Kier molecular flexibility index (Phi) is 4.40. The van der Waals surface area contributed by atoms with Crippen LogP contribution in [0.15, 0.2) is 52.9 Å². The van der Waals surface area contributed by atoms with Crippen molar-refractivity contribution in [1.82, 2.24) is 9.88 Å². The van der Waals surface area contributed by atoms with E-state index in [4.69, 9.17) is 10.2 Å². The number of nitrogens with zero attached hydrogens (tertiary/aromatic N) is 3. The number of fused-ring (bicyclic) bond motifs is 1. The lowest BCUT2D eigenvalue weighted by Crippen LogP contribution is -2.23. The molecule has 0 bridgehead atoms. The average Bonchev–Trinajstić information content (AvgIpc) is 3.25. The van der Waals surface area contributed by atoms with Crippen LogP contribution in [-0.2, 0) is 6.54 Å². The van der Waals surface area contributed by atoms with Crippen molar-refractivity contribution < 1.29 is 9.34 Å². The molecule has 1 fully saturated rings. The van der Waals surface area contributed by atoms with Crippen molar-refractivity contribution in [3.63, 3.8) is 0 Å². The molecule has 1 aromatic heterocycles. The number of hydrogen-bond donors (Lipinski definition) is 1. The van der Waals surface area contributed by atoms with Gasteiger partial charge in [-0.15, -0.1) is 0 Å². The largest absolute Gasteiger partial charge is 0.439 e. The lowest BCUT2D eigenvalue weighted by molar-refractivity contribution is -0.384. The van der Waals surface area contributed by atoms with E-state index in [9.17, 15) is 10.1 Å². The van der Waals surface area contributed by atoms with Gasteiger partial charge >= 0.3 is 0 Å². The Balaban J connectivity index is 1.52. The molecule has 2 N–H and O–H groups in total. The lowest BCUT2D eigenvalue weighted by atomic mass is 9.89. The minimum Gasteiger partial charge on any atom is -0.439 e. The van der Waals surface area contributed by atoms with Gasteiger partial charge in [0.2, 0.25) is 5.89 Å². The molecule has 134 valence electrons. The first-order chi connectivity index (χ1) is 12.6. The van der Waals surface area contributed by atoms with Crippen LogP contribution in [0.4, 0.5) is 5.69 Å². The zero-order valence-electron chi connectivity index (χ0n) is 14.2. The molecule has 3 aromatic rings. The van der Waals surface area contributed by atoms with Crippen molar-refractivity contribution in [2.24, 2.45) is 11.7 Å². The highest BCUT2D eigenvalue weighted by Crippen LogP contribution is 2.33. The van der Waals surface area contributed by atoms with Gasteiger partial charge in [-0.1, -0.05) is 30.3 Å². The van der Waals surface area contributed by atoms with Gasteiger partial charge in [-0.05, 0) is 24.1 Å². The molecule has 0 spiro atoms. The van der Waals surface area contributed by atoms with E-state index >= 15 is 0 Å². The maximum Gasteiger partial charge on any atom is 0.271 e. The highest BCUT2D eigenvalue weighted by atomic mass is 16.6. The summed E-state index contributed by atoms with van der Waals surface area (Å²) in [5, 5.41) is 10.9. The summed E-state index contributed by atoms with van der Waals surface area (Å²) in [5.41, 5.74) is 8.40. The van der Waals surface area contributed by atoms with Crippen LogP contribution in [0.3, 0.4) is 0 Å². The smallest absolute Gasteiger partial charge is 0.271 e. The second-order valence-electron chi connectivity index (χ2n) is 6.72. The van der Waals surface area contributed by atoms with Crippen LogP contribution < -0.4 is 5.73 Å². The number of nitro benzene ring substituents is 1. The fourth-order valence-corrected chi connectivity index (χ4v) is 3.74. The topological polar surface area (TPSA) is 98.4 Å². The molecule has 1 aliphatic heterocycles. The average molecular weight is 352 g/mol. The van der Waals surface area contributed by atoms with Crippen molar-refractivity contribution in [1.29, 1.82) is 0 Å². The number of nitrogens with two attached hydrogens (primary N) is 1. The van der Waals surface area contributed by atoms with E-state index in [1.807, 2.05) is 6.07 Å². The van der Waals surface area contributed by atoms with Crippen LogP contribution in [0.5, 0.6) is 0 Å². The number of benzene rings is 2. The number of rotatable bonds is 5. The first-order valence-electron chi connectivity index (χ1n) is 8.65. The molecule has 7 heteroatoms. The third-order valence-electron chi connectivity index (χ3n) is 5.03. The van der Waals surface area contributed by atoms with E-state index in [2.05, 4.69) is 34.1 Å². The molecule has 4 rings (SSSR count). The Labute approximate surface area is 150 Å². The predicted octanol–water partition coefficient (Wildman–Crippen LogP) is 2.91. The molecule has 26 heavy (non-hydrogen) atoms. The SMILES string of the molecule is NC[C@@H]1CN(Cc2nc3cc([N+](=O)[O-])ccc3o2)C[C@H]1c1ccccc1. The van der Waals surface area contributed by atoms with Crippen LogP contribution in [0, 0.1) is 16.0 Å². The summed E-state index contributed by atoms with van der Waals surface area (Å²) >= 11 is 0. The third kappa shape index (κ3) is 3.18. The van der Waals surface area contributed by atoms with Crippen molar-refractivity contribution >= 4 is 16.8 Å². The van der Waals surface area contributed by atoms with Gasteiger partial charge in [0, 0.05) is 31.1 Å². The molecule has 1 aliphatic rings. The quantitative estimate of drug-likeness (QED) is 0.560. The Hall–Kier alpha value is -2.77. The van der Waals surface area contributed by atoms with Gasteiger partial charge in [-0.2, -0.15) is 0 Å². The van der Waals surface area contributed by atoms with E-state index in [-0.39, 0.29) is 5.69 Å². The fraction of sp³-hybridized carbons (Fsp3) is 0.316. The molecular weight excluding hydrogens is 332 g/mol. The highest BCUT2D eigenvalue weighted by Gasteiger charge is 2.33. The Bertz CT molecular complexity index is 925. The van der Waals surface area contributed by atoms with Crippen molar-refractivity contribution in [3.05, 3.63) is 70.1 Å². The molecule has 0 saturated carbocycles. The third-order valence-corrected chi connectivity index (χ3v) is 5.03. The first-order valence-corrected chi connectivity index (χ1v) is 8.65. The van der Waals surface area contributed by atoms with Crippen molar-refractivity contribution in [2.45, 2.75) is 12.5 Å². The molecule has 0 aliphatic carbocycles. The number of non-ortho nitro benzene ring substituents is 1. The molecule has 0 amide bonds. The van der Waals surface area contributed by atoms with Crippen LogP contribution >= 0.6 is 0 Å². The van der Waals surface area contributed by atoms with Gasteiger partial charge in [0.1, 0.15) is 5.52 Å². The number of likely N-dealkylation sites (tertiary alicyclic amines) is 1. The number of hydrogen-bond acceptors (Lipinski definition) is 6. The Morgan fingerprint density at radius 2 is 2.04 bits per heavy atom. The zero-order valence-corrected chi connectivity index (χ0v) is 14.2. The summed E-state index contributed by atoms with van der Waals surface area (Å²) < 4.78 is 5.77.